The Labute approximate surface area is 105 Å². The van der Waals surface area contributed by atoms with Crippen LogP contribution < -0.4 is 5.32 Å². The standard InChI is InChI=1S/C11H15Cl2NO2/c1-2-16-7-9(15)6-14-8-3-4-10(12)11(13)5-8/h3-5,9,14-15H,2,6-7H2,1H3. The molecule has 0 heterocycles. The number of nitrogens with one attached hydrogen (secondary N) is 1. The molecule has 2 N–H and O–H groups in total. The van der Waals surface area contributed by atoms with Crippen LogP contribution in [0.3, 0.4) is 0 Å². The molecule has 0 bridgehead atoms. The summed E-state index contributed by atoms with van der Waals surface area (Å²) in [7, 11) is 0. The molecular weight excluding hydrogens is 249 g/mol. The molecule has 1 aromatic rings. The minimum Gasteiger partial charge on any atom is -0.389 e. The summed E-state index contributed by atoms with van der Waals surface area (Å²) in [6.07, 6.45) is -0.533. The molecule has 0 saturated heterocycles. The third-order valence-corrected chi connectivity index (χ3v) is 2.71. The Kier molecular flexibility index (Phi) is 5.91. The highest BCUT2D eigenvalue weighted by molar-refractivity contribution is 6.42. The van der Waals surface area contributed by atoms with E-state index < -0.39 is 6.10 Å². The molecule has 0 radical (unpaired) electrons. The maximum atomic E-state index is 9.52. The average molecular weight is 264 g/mol. The van der Waals surface area contributed by atoms with E-state index in [4.69, 9.17) is 27.9 Å². The smallest absolute Gasteiger partial charge is 0.0945 e. The Hall–Kier alpha value is -0.480. The van der Waals surface area contributed by atoms with Crippen molar-refractivity contribution < 1.29 is 9.84 Å². The monoisotopic (exact) mass is 263 g/mol. The zero-order valence-electron chi connectivity index (χ0n) is 9.04. The van der Waals surface area contributed by atoms with Gasteiger partial charge in [0, 0.05) is 18.8 Å². The van der Waals surface area contributed by atoms with Gasteiger partial charge in [0.25, 0.3) is 0 Å². The highest BCUT2D eigenvalue weighted by Crippen LogP contribution is 2.24. The van der Waals surface area contributed by atoms with E-state index in [9.17, 15) is 5.11 Å². The van der Waals surface area contributed by atoms with Crippen molar-refractivity contribution in [2.24, 2.45) is 0 Å². The Morgan fingerprint density at radius 3 is 2.75 bits per heavy atom. The molecule has 0 spiro atoms. The van der Waals surface area contributed by atoms with Crippen LogP contribution in [-0.4, -0.2) is 31.0 Å². The minimum atomic E-state index is -0.533. The molecule has 0 saturated carbocycles. The Morgan fingerprint density at radius 2 is 2.12 bits per heavy atom. The molecular formula is C11H15Cl2NO2. The first-order chi connectivity index (χ1) is 7.63. The van der Waals surface area contributed by atoms with Crippen LogP contribution in [0.2, 0.25) is 10.0 Å². The van der Waals surface area contributed by atoms with E-state index in [1.807, 2.05) is 13.0 Å². The molecule has 16 heavy (non-hydrogen) atoms. The summed E-state index contributed by atoms with van der Waals surface area (Å²) in [5, 5.41) is 13.6. The second-order valence-corrected chi connectivity index (χ2v) is 4.14. The van der Waals surface area contributed by atoms with E-state index in [2.05, 4.69) is 5.32 Å². The van der Waals surface area contributed by atoms with Crippen molar-refractivity contribution in [1.82, 2.24) is 0 Å². The molecule has 0 fully saturated rings. The van der Waals surface area contributed by atoms with Crippen molar-refractivity contribution in [1.29, 1.82) is 0 Å². The number of ether oxygens (including phenoxy) is 1. The molecule has 0 aliphatic rings. The number of rotatable bonds is 6. The Balaban J connectivity index is 2.39. The summed E-state index contributed by atoms with van der Waals surface area (Å²) in [6, 6.07) is 5.24. The van der Waals surface area contributed by atoms with Gasteiger partial charge in [0.05, 0.1) is 22.8 Å². The van der Waals surface area contributed by atoms with Crippen LogP contribution in [0.1, 0.15) is 6.92 Å². The summed E-state index contributed by atoms with van der Waals surface area (Å²) in [4.78, 5) is 0. The number of halogens is 2. The highest BCUT2D eigenvalue weighted by atomic mass is 35.5. The van der Waals surface area contributed by atoms with Crippen LogP contribution in [0.15, 0.2) is 18.2 Å². The van der Waals surface area contributed by atoms with E-state index in [0.29, 0.717) is 29.8 Å². The molecule has 1 unspecified atom stereocenters. The minimum absolute atomic E-state index is 0.324. The molecule has 0 aliphatic heterocycles. The number of hydrogen-bond donors (Lipinski definition) is 2. The predicted octanol–water partition coefficient (Wildman–Crippen LogP) is 2.80. The fourth-order valence-electron chi connectivity index (χ4n) is 1.15. The van der Waals surface area contributed by atoms with Gasteiger partial charge in [0.15, 0.2) is 0 Å². The number of anilines is 1. The maximum absolute atomic E-state index is 9.52. The fraction of sp³-hybridized carbons (Fsp3) is 0.455. The quantitative estimate of drug-likeness (QED) is 0.830. The first kappa shape index (κ1) is 13.6. The van der Waals surface area contributed by atoms with Gasteiger partial charge in [-0.25, -0.2) is 0 Å². The molecule has 0 amide bonds. The van der Waals surface area contributed by atoms with Gasteiger partial charge in [0.2, 0.25) is 0 Å². The van der Waals surface area contributed by atoms with Crippen LogP contribution in [0.5, 0.6) is 0 Å². The van der Waals surface area contributed by atoms with Gasteiger partial charge in [-0.05, 0) is 25.1 Å². The van der Waals surface area contributed by atoms with E-state index in [0.717, 1.165) is 5.69 Å². The number of benzene rings is 1. The number of aliphatic hydroxyl groups is 1. The van der Waals surface area contributed by atoms with E-state index in [1.54, 1.807) is 12.1 Å². The fourth-order valence-corrected chi connectivity index (χ4v) is 1.45. The Bertz CT molecular complexity index is 334. The van der Waals surface area contributed by atoms with Crippen LogP contribution >= 0.6 is 23.2 Å². The van der Waals surface area contributed by atoms with Crippen molar-refractivity contribution in [3.8, 4) is 0 Å². The SMILES string of the molecule is CCOCC(O)CNc1ccc(Cl)c(Cl)c1. The van der Waals surface area contributed by atoms with Gasteiger partial charge < -0.3 is 15.2 Å². The topological polar surface area (TPSA) is 41.5 Å². The van der Waals surface area contributed by atoms with Gasteiger partial charge in [-0.3, -0.25) is 0 Å². The second-order valence-electron chi connectivity index (χ2n) is 3.32. The van der Waals surface area contributed by atoms with Crippen LogP contribution in [-0.2, 0) is 4.74 Å². The number of hydrogen-bond acceptors (Lipinski definition) is 3. The summed E-state index contributed by atoms with van der Waals surface area (Å²) >= 11 is 11.6. The van der Waals surface area contributed by atoms with Crippen LogP contribution in [0, 0.1) is 0 Å². The normalized spacial score (nSPS) is 12.5. The van der Waals surface area contributed by atoms with Gasteiger partial charge in [0.1, 0.15) is 0 Å². The van der Waals surface area contributed by atoms with Crippen molar-refractivity contribution in [3.63, 3.8) is 0 Å². The van der Waals surface area contributed by atoms with Crippen LogP contribution in [0.25, 0.3) is 0 Å². The van der Waals surface area contributed by atoms with Crippen molar-refractivity contribution >= 4 is 28.9 Å². The maximum Gasteiger partial charge on any atom is 0.0945 e. The van der Waals surface area contributed by atoms with E-state index in [-0.39, 0.29) is 0 Å². The lowest BCUT2D eigenvalue weighted by atomic mass is 10.3. The van der Waals surface area contributed by atoms with Crippen molar-refractivity contribution in [2.75, 3.05) is 25.1 Å². The third-order valence-electron chi connectivity index (χ3n) is 1.98. The molecule has 1 rings (SSSR count). The van der Waals surface area contributed by atoms with Gasteiger partial charge in [-0.15, -0.1) is 0 Å². The highest BCUT2D eigenvalue weighted by Gasteiger charge is 2.04. The molecule has 3 nitrogen and oxygen atoms in total. The lowest BCUT2D eigenvalue weighted by Gasteiger charge is -2.12. The first-order valence-corrected chi connectivity index (χ1v) is 5.83. The molecule has 1 atom stereocenters. The van der Waals surface area contributed by atoms with Gasteiger partial charge >= 0.3 is 0 Å². The molecule has 0 aliphatic carbocycles. The van der Waals surface area contributed by atoms with Crippen LogP contribution in [0.4, 0.5) is 5.69 Å². The van der Waals surface area contributed by atoms with E-state index >= 15 is 0 Å². The molecule has 1 aromatic carbocycles. The lowest BCUT2D eigenvalue weighted by molar-refractivity contribution is 0.0496. The lowest BCUT2D eigenvalue weighted by Crippen LogP contribution is -2.24. The molecule has 5 heteroatoms. The molecule has 0 aromatic heterocycles. The largest absolute Gasteiger partial charge is 0.389 e. The van der Waals surface area contributed by atoms with Gasteiger partial charge in [-0.2, -0.15) is 0 Å². The zero-order valence-corrected chi connectivity index (χ0v) is 10.6. The zero-order chi connectivity index (χ0) is 12.0. The molecule has 90 valence electrons. The Morgan fingerprint density at radius 1 is 1.38 bits per heavy atom. The summed E-state index contributed by atoms with van der Waals surface area (Å²) in [5.41, 5.74) is 0.824. The summed E-state index contributed by atoms with van der Waals surface area (Å²) < 4.78 is 5.09. The third kappa shape index (κ3) is 4.58. The van der Waals surface area contributed by atoms with Gasteiger partial charge in [-0.1, -0.05) is 23.2 Å². The first-order valence-electron chi connectivity index (χ1n) is 5.08. The number of aliphatic hydroxyl groups excluding tert-OH is 1. The van der Waals surface area contributed by atoms with Crippen molar-refractivity contribution in [2.45, 2.75) is 13.0 Å². The van der Waals surface area contributed by atoms with E-state index in [1.165, 1.54) is 0 Å². The predicted molar refractivity (Wildman–Crippen MR) is 67.5 cm³/mol. The second kappa shape index (κ2) is 6.97. The summed E-state index contributed by atoms with van der Waals surface area (Å²) in [5.74, 6) is 0. The average Bonchev–Trinajstić information content (AvgIpc) is 2.28. The summed E-state index contributed by atoms with van der Waals surface area (Å²) in [6.45, 7) is 3.23. The van der Waals surface area contributed by atoms with Crippen molar-refractivity contribution in [3.05, 3.63) is 28.2 Å².